The van der Waals surface area contributed by atoms with Crippen LogP contribution in [0.15, 0.2) is 83.3 Å². The molecule has 0 fully saturated rings. The standard InChI is InChI=1S/C29H29F5N5/c1-5-27(3)20-17-19(30)18-21(31)24(20)22-11-8-10-15-38(22)28(27,6-2)13-16-39-25(23-12-7-9-14-37(23)4)35-26(36-39)29(32,33)34/h7-18,25H,5-6H2,1-4H3/q+3. The van der Waals surface area contributed by atoms with Crippen LogP contribution in [0.25, 0.3) is 11.3 Å². The van der Waals surface area contributed by atoms with Gasteiger partial charge in [-0.1, -0.05) is 18.5 Å². The summed E-state index contributed by atoms with van der Waals surface area (Å²) in [5, 5.41) is 3.84. The van der Waals surface area contributed by atoms with Gasteiger partial charge in [-0.25, -0.2) is 8.78 Å². The average molecular weight is 543 g/mol. The molecule has 5 rings (SSSR count). The van der Waals surface area contributed by atoms with Crippen molar-refractivity contribution < 1.29 is 35.8 Å². The van der Waals surface area contributed by atoms with Gasteiger partial charge in [-0.2, -0.15) is 27.3 Å². The van der Waals surface area contributed by atoms with E-state index in [0.29, 0.717) is 35.4 Å². The number of azo groups is 2. The molecule has 0 radical (unpaired) electrons. The lowest BCUT2D eigenvalue weighted by molar-refractivity contribution is -0.757. The lowest BCUT2D eigenvalue weighted by Gasteiger charge is -2.46. The summed E-state index contributed by atoms with van der Waals surface area (Å²) >= 11 is 0. The number of aromatic nitrogens is 2. The molecule has 10 heteroatoms. The zero-order valence-electron chi connectivity index (χ0n) is 22.0. The van der Waals surface area contributed by atoms with Crippen LogP contribution in [-0.2, 0) is 18.0 Å². The fourth-order valence-electron chi connectivity index (χ4n) is 6.02. The van der Waals surface area contributed by atoms with E-state index >= 15 is 4.39 Å². The molecule has 0 aliphatic carbocycles. The first-order valence-corrected chi connectivity index (χ1v) is 12.8. The smallest absolute Gasteiger partial charge is 0.207 e. The monoisotopic (exact) mass is 542 g/mol. The zero-order chi connectivity index (χ0) is 28.2. The van der Waals surface area contributed by atoms with Gasteiger partial charge in [0, 0.05) is 41.9 Å². The first kappa shape index (κ1) is 26.8. The number of rotatable bonds is 5. The van der Waals surface area contributed by atoms with Crippen LogP contribution in [0.2, 0.25) is 0 Å². The van der Waals surface area contributed by atoms with Crippen LogP contribution in [0, 0.1) is 11.6 Å². The zero-order valence-corrected chi connectivity index (χ0v) is 22.0. The summed E-state index contributed by atoms with van der Waals surface area (Å²) in [5.74, 6) is -2.57. The van der Waals surface area contributed by atoms with Gasteiger partial charge in [-0.15, -0.1) is 0 Å². The topological polar surface area (TPSA) is 35.5 Å². The van der Waals surface area contributed by atoms with Crippen molar-refractivity contribution in [2.75, 3.05) is 0 Å². The lowest BCUT2D eigenvalue weighted by Crippen LogP contribution is -2.68. The van der Waals surface area contributed by atoms with Crippen molar-refractivity contribution in [1.29, 1.82) is 0 Å². The third-order valence-corrected chi connectivity index (χ3v) is 8.22. The Kier molecular flexibility index (Phi) is 6.47. The van der Waals surface area contributed by atoms with Gasteiger partial charge in [-0.3, -0.25) is 0 Å². The van der Waals surface area contributed by atoms with Gasteiger partial charge in [0.25, 0.3) is 5.69 Å². The van der Waals surface area contributed by atoms with Crippen molar-refractivity contribution in [3.8, 4) is 11.3 Å². The number of pyridine rings is 2. The Hall–Kier alpha value is -3.82. The number of allylic oxidation sites excluding steroid dienone is 1. The Morgan fingerprint density at radius 3 is 2.38 bits per heavy atom. The molecule has 5 nitrogen and oxygen atoms in total. The molecule has 0 saturated carbocycles. The predicted molar refractivity (Wildman–Crippen MR) is 134 cm³/mol. The molecule has 0 N–H and O–H groups in total. The molecule has 1 aromatic carbocycles. The summed E-state index contributed by atoms with van der Waals surface area (Å²) in [6, 6.07) is 12.8. The van der Waals surface area contributed by atoms with Gasteiger partial charge in [0.05, 0.1) is 17.1 Å². The Balaban J connectivity index is 1.73. The van der Waals surface area contributed by atoms with E-state index in [4.69, 9.17) is 0 Å². The Morgan fingerprint density at radius 1 is 1.00 bits per heavy atom. The van der Waals surface area contributed by atoms with E-state index in [0.717, 1.165) is 6.07 Å². The summed E-state index contributed by atoms with van der Waals surface area (Å²) in [6.07, 6.45) is 2.09. The molecular weight excluding hydrogens is 513 g/mol. The lowest BCUT2D eigenvalue weighted by atomic mass is 9.59. The maximum Gasteiger partial charge on any atom is 0.457 e. The van der Waals surface area contributed by atoms with Crippen LogP contribution in [0.5, 0.6) is 0 Å². The Bertz CT molecular complexity index is 1540. The maximum atomic E-state index is 15.3. The van der Waals surface area contributed by atoms with Crippen LogP contribution < -0.4 is 9.13 Å². The van der Waals surface area contributed by atoms with Crippen LogP contribution in [0.3, 0.4) is 0 Å². The number of aryl methyl sites for hydroxylation is 1. The molecule has 3 atom stereocenters. The minimum Gasteiger partial charge on any atom is -0.207 e. The third-order valence-electron chi connectivity index (χ3n) is 8.22. The highest BCUT2D eigenvalue weighted by molar-refractivity contribution is 5.88. The van der Waals surface area contributed by atoms with Crippen molar-refractivity contribution in [2.45, 2.75) is 56.9 Å². The molecule has 2 aromatic heterocycles. The fraction of sp³-hybridized carbons (Fsp3) is 0.345. The fourth-order valence-corrected chi connectivity index (χ4v) is 6.02. The molecule has 0 amide bonds. The Morgan fingerprint density at radius 2 is 1.72 bits per heavy atom. The first-order valence-electron chi connectivity index (χ1n) is 12.8. The highest BCUT2D eigenvalue weighted by Crippen LogP contribution is 2.51. The van der Waals surface area contributed by atoms with Gasteiger partial charge in [0.15, 0.2) is 12.4 Å². The summed E-state index contributed by atoms with van der Waals surface area (Å²) in [6.45, 7) is 5.84. The number of hydrogen-bond acceptors (Lipinski definition) is 2. The van der Waals surface area contributed by atoms with E-state index in [1.54, 1.807) is 54.2 Å². The van der Waals surface area contributed by atoms with Crippen molar-refractivity contribution in [3.05, 3.63) is 96.1 Å². The Labute approximate surface area is 223 Å². The van der Waals surface area contributed by atoms with Crippen molar-refractivity contribution in [3.63, 3.8) is 0 Å². The predicted octanol–water partition coefficient (Wildman–Crippen LogP) is 6.18. The molecular formula is C29H29F5N5+3. The summed E-state index contributed by atoms with van der Waals surface area (Å²) in [5.41, 5.74) is 0.180. The molecule has 39 heavy (non-hydrogen) atoms. The van der Waals surface area contributed by atoms with E-state index in [1.807, 2.05) is 37.6 Å². The number of amidine groups is 1. The number of alkyl halides is 3. The minimum atomic E-state index is -4.73. The molecule has 3 aromatic rings. The van der Waals surface area contributed by atoms with E-state index in [1.165, 1.54) is 17.0 Å². The number of benzene rings is 1. The number of aliphatic imine (C=N–C) groups is 1. The number of halogens is 5. The van der Waals surface area contributed by atoms with Crippen LogP contribution >= 0.6 is 0 Å². The minimum absolute atomic E-state index is 0.321. The molecule has 2 aliphatic rings. The highest BCUT2D eigenvalue weighted by Gasteiger charge is 2.59. The van der Waals surface area contributed by atoms with Gasteiger partial charge < -0.3 is 0 Å². The average Bonchev–Trinajstić information content (AvgIpc) is 3.33. The number of fused-ring (bicyclic) bond motifs is 3. The maximum absolute atomic E-state index is 15.3. The molecule has 2 aliphatic heterocycles. The summed E-state index contributed by atoms with van der Waals surface area (Å²) < 4.78 is 75.9. The normalized spacial score (nSPS) is 24.4. The molecule has 0 saturated heterocycles. The second-order valence-electron chi connectivity index (χ2n) is 10.1. The van der Waals surface area contributed by atoms with E-state index in [2.05, 4.69) is 10.1 Å². The molecule has 0 bridgehead atoms. The second kappa shape index (κ2) is 9.43. The number of hydrogen-bond donors (Lipinski definition) is 0. The van der Waals surface area contributed by atoms with Crippen molar-refractivity contribution in [2.24, 2.45) is 17.2 Å². The van der Waals surface area contributed by atoms with Crippen LogP contribution in [0.1, 0.15) is 51.0 Å². The van der Waals surface area contributed by atoms with Gasteiger partial charge in [-0.05, 0) is 37.1 Å². The second-order valence-corrected chi connectivity index (χ2v) is 10.1. The van der Waals surface area contributed by atoms with Crippen LogP contribution in [0.4, 0.5) is 22.0 Å². The largest absolute Gasteiger partial charge is 0.457 e. The van der Waals surface area contributed by atoms with E-state index in [-0.39, 0.29) is 0 Å². The molecule has 4 heterocycles. The van der Waals surface area contributed by atoms with Gasteiger partial charge >= 0.3 is 18.2 Å². The van der Waals surface area contributed by atoms with Crippen LogP contribution in [-0.4, -0.2) is 16.7 Å². The van der Waals surface area contributed by atoms with Gasteiger partial charge in [0.2, 0.25) is 17.4 Å². The third kappa shape index (κ3) is 4.08. The molecule has 3 unspecified atom stereocenters. The van der Waals surface area contributed by atoms with E-state index in [9.17, 15) is 17.6 Å². The van der Waals surface area contributed by atoms with Gasteiger partial charge in [0.1, 0.15) is 18.7 Å². The first-order chi connectivity index (χ1) is 18.5. The quantitative estimate of drug-likeness (QED) is 0.273. The SMILES string of the molecule is CCC1(C)c2cc(F)cc(F)c2-c2cccc[n+]2C1(C=C[N+]1=NC(C(F)(F)F)=NC1c1cccc[n+]1C)CC. The summed E-state index contributed by atoms with van der Waals surface area (Å²) in [7, 11) is 1.73. The van der Waals surface area contributed by atoms with Crippen molar-refractivity contribution in [1.82, 2.24) is 0 Å². The highest BCUT2D eigenvalue weighted by atomic mass is 19.4. The molecule has 202 valence electrons. The van der Waals surface area contributed by atoms with E-state index < -0.39 is 40.8 Å². The summed E-state index contributed by atoms with van der Waals surface area (Å²) in [4.78, 5) is 3.92. The number of nitrogens with zero attached hydrogens (tertiary/aromatic N) is 5. The van der Waals surface area contributed by atoms with Crippen molar-refractivity contribution >= 4 is 5.84 Å². The molecule has 0 spiro atoms.